The molecule has 2 rings (SSSR count). The average molecular weight is 371 g/mol. The van der Waals surface area contributed by atoms with Crippen molar-refractivity contribution in [3.63, 3.8) is 0 Å². The van der Waals surface area contributed by atoms with E-state index in [1.165, 1.54) is 5.56 Å². The maximum Gasteiger partial charge on any atom is 0.161 e. The predicted molar refractivity (Wildman–Crippen MR) is 107 cm³/mol. The van der Waals surface area contributed by atoms with E-state index in [0.29, 0.717) is 25.2 Å². The Kier molecular flexibility index (Phi) is 8.52. The number of benzene rings is 1. The first kappa shape index (κ1) is 22.1. The third-order valence-corrected chi connectivity index (χ3v) is 4.68. The van der Waals surface area contributed by atoms with Crippen LogP contribution in [0.4, 0.5) is 0 Å². The molecule has 1 atom stereocenters. The molecule has 25 heavy (non-hydrogen) atoms. The summed E-state index contributed by atoms with van der Waals surface area (Å²) in [4.78, 5) is 2.49. The van der Waals surface area contributed by atoms with Gasteiger partial charge in [-0.2, -0.15) is 0 Å². The van der Waals surface area contributed by atoms with Gasteiger partial charge in [0, 0.05) is 25.7 Å². The zero-order chi connectivity index (χ0) is 17.7. The Balaban J connectivity index is 0.00000312. The fraction of sp³-hybridized carbons (Fsp3) is 0.700. The summed E-state index contributed by atoms with van der Waals surface area (Å²) in [6, 6.07) is 6.61. The highest BCUT2D eigenvalue weighted by molar-refractivity contribution is 5.85. The highest BCUT2D eigenvalue weighted by Crippen LogP contribution is 2.32. The lowest BCUT2D eigenvalue weighted by atomic mass is 9.79. The summed E-state index contributed by atoms with van der Waals surface area (Å²) >= 11 is 0. The normalized spacial score (nSPS) is 20.2. The molecule has 1 heterocycles. The van der Waals surface area contributed by atoms with Crippen molar-refractivity contribution in [2.75, 3.05) is 26.3 Å². The largest absolute Gasteiger partial charge is 0.490 e. The first-order valence-electron chi connectivity index (χ1n) is 9.18. The molecule has 2 N–H and O–H groups in total. The standard InChI is InChI=1S/C20H34N2O2.ClH/c1-6-23-18-11-16(7-8-17(18)24-13-15(2)3)12-22-10-9-19(21)20(4,5)14-22;/h7-8,11,15,19H,6,9-10,12-14,21H2,1-5H3;1H. The molecule has 0 aromatic heterocycles. The summed E-state index contributed by atoms with van der Waals surface area (Å²) in [5.74, 6) is 2.19. The number of ether oxygens (including phenoxy) is 2. The monoisotopic (exact) mass is 370 g/mol. The van der Waals surface area contributed by atoms with Crippen LogP contribution in [0.1, 0.15) is 46.6 Å². The topological polar surface area (TPSA) is 47.7 Å². The van der Waals surface area contributed by atoms with E-state index < -0.39 is 0 Å². The van der Waals surface area contributed by atoms with Gasteiger partial charge in [-0.15, -0.1) is 12.4 Å². The van der Waals surface area contributed by atoms with E-state index in [4.69, 9.17) is 15.2 Å². The molecule has 0 spiro atoms. The van der Waals surface area contributed by atoms with Crippen LogP contribution in [0.3, 0.4) is 0 Å². The van der Waals surface area contributed by atoms with E-state index >= 15 is 0 Å². The van der Waals surface area contributed by atoms with Gasteiger partial charge >= 0.3 is 0 Å². The van der Waals surface area contributed by atoms with Crippen LogP contribution in [0.2, 0.25) is 0 Å². The lowest BCUT2D eigenvalue weighted by Gasteiger charge is -2.42. The molecule has 0 saturated carbocycles. The summed E-state index contributed by atoms with van der Waals surface area (Å²) in [5.41, 5.74) is 7.68. The Bertz CT molecular complexity index is 534. The maximum absolute atomic E-state index is 6.25. The molecule has 144 valence electrons. The molecule has 1 saturated heterocycles. The van der Waals surface area contributed by atoms with E-state index in [1.54, 1.807) is 0 Å². The third-order valence-electron chi connectivity index (χ3n) is 4.68. The summed E-state index contributed by atoms with van der Waals surface area (Å²) in [6.45, 7) is 15.2. The van der Waals surface area contributed by atoms with Crippen molar-refractivity contribution in [2.45, 2.75) is 53.6 Å². The minimum Gasteiger partial charge on any atom is -0.490 e. The van der Waals surface area contributed by atoms with Gasteiger partial charge in [0.25, 0.3) is 0 Å². The van der Waals surface area contributed by atoms with Crippen molar-refractivity contribution >= 4 is 12.4 Å². The summed E-state index contributed by atoms with van der Waals surface area (Å²) in [5, 5.41) is 0. The second kappa shape index (κ2) is 9.65. The molecule has 1 aromatic carbocycles. The minimum absolute atomic E-state index is 0. The zero-order valence-corrected chi connectivity index (χ0v) is 17.2. The lowest BCUT2D eigenvalue weighted by Crippen LogP contribution is -2.52. The molecular formula is C20H35ClN2O2. The molecule has 5 heteroatoms. The van der Waals surface area contributed by atoms with Crippen molar-refractivity contribution < 1.29 is 9.47 Å². The second-order valence-corrected chi connectivity index (χ2v) is 8.01. The van der Waals surface area contributed by atoms with Gasteiger partial charge < -0.3 is 15.2 Å². The van der Waals surface area contributed by atoms with Gasteiger partial charge in [-0.1, -0.05) is 33.8 Å². The Labute approximate surface area is 159 Å². The van der Waals surface area contributed by atoms with Crippen LogP contribution >= 0.6 is 12.4 Å². The molecule has 1 aliphatic rings. The Morgan fingerprint density at radius 2 is 1.96 bits per heavy atom. The van der Waals surface area contributed by atoms with Gasteiger partial charge in [-0.25, -0.2) is 0 Å². The fourth-order valence-corrected chi connectivity index (χ4v) is 3.17. The highest BCUT2D eigenvalue weighted by Gasteiger charge is 2.33. The van der Waals surface area contributed by atoms with E-state index in [2.05, 4.69) is 44.7 Å². The number of rotatable bonds is 7. The van der Waals surface area contributed by atoms with Gasteiger partial charge in [0.05, 0.1) is 13.2 Å². The first-order chi connectivity index (χ1) is 11.3. The number of hydrogen-bond donors (Lipinski definition) is 1. The summed E-state index contributed by atoms with van der Waals surface area (Å²) < 4.78 is 11.7. The Morgan fingerprint density at radius 1 is 1.24 bits per heavy atom. The van der Waals surface area contributed by atoms with Crippen LogP contribution < -0.4 is 15.2 Å². The van der Waals surface area contributed by atoms with Crippen LogP contribution in [-0.2, 0) is 6.54 Å². The number of hydrogen-bond acceptors (Lipinski definition) is 4. The quantitative estimate of drug-likeness (QED) is 0.784. The van der Waals surface area contributed by atoms with Crippen molar-refractivity contribution in [3.8, 4) is 11.5 Å². The van der Waals surface area contributed by atoms with Gasteiger partial charge in [-0.05, 0) is 42.4 Å². The molecule has 0 bridgehead atoms. The zero-order valence-electron chi connectivity index (χ0n) is 16.4. The second-order valence-electron chi connectivity index (χ2n) is 8.01. The number of piperidine rings is 1. The van der Waals surface area contributed by atoms with Crippen LogP contribution in [0.15, 0.2) is 18.2 Å². The number of nitrogens with two attached hydrogens (primary N) is 1. The molecule has 0 aliphatic carbocycles. The minimum atomic E-state index is 0. The van der Waals surface area contributed by atoms with E-state index in [1.807, 2.05) is 13.0 Å². The first-order valence-corrected chi connectivity index (χ1v) is 9.18. The maximum atomic E-state index is 6.25. The van der Waals surface area contributed by atoms with Crippen LogP contribution in [0.25, 0.3) is 0 Å². The van der Waals surface area contributed by atoms with Crippen LogP contribution in [-0.4, -0.2) is 37.2 Å². The molecule has 4 nitrogen and oxygen atoms in total. The fourth-order valence-electron chi connectivity index (χ4n) is 3.17. The van der Waals surface area contributed by atoms with Crippen LogP contribution in [0.5, 0.6) is 11.5 Å². The predicted octanol–water partition coefficient (Wildman–Crippen LogP) is 4.10. The summed E-state index contributed by atoms with van der Waals surface area (Å²) in [7, 11) is 0. The molecule has 1 aromatic rings. The molecule has 1 unspecified atom stereocenters. The smallest absolute Gasteiger partial charge is 0.161 e. The van der Waals surface area contributed by atoms with Gasteiger partial charge in [0.1, 0.15) is 0 Å². The molecule has 1 fully saturated rings. The Morgan fingerprint density at radius 3 is 2.56 bits per heavy atom. The number of halogens is 1. The van der Waals surface area contributed by atoms with E-state index in [9.17, 15) is 0 Å². The third kappa shape index (κ3) is 6.36. The molecule has 0 amide bonds. The summed E-state index contributed by atoms with van der Waals surface area (Å²) in [6.07, 6.45) is 1.06. The molecule has 1 aliphatic heterocycles. The number of nitrogens with zero attached hydrogens (tertiary/aromatic N) is 1. The van der Waals surface area contributed by atoms with Crippen LogP contribution in [0, 0.1) is 11.3 Å². The lowest BCUT2D eigenvalue weighted by molar-refractivity contribution is 0.0898. The molecule has 0 radical (unpaired) electrons. The van der Waals surface area contributed by atoms with E-state index in [-0.39, 0.29) is 17.8 Å². The van der Waals surface area contributed by atoms with Crippen molar-refractivity contribution in [1.29, 1.82) is 0 Å². The molecular weight excluding hydrogens is 336 g/mol. The SMILES string of the molecule is CCOc1cc(CN2CCC(N)C(C)(C)C2)ccc1OCC(C)C.Cl. The average Bonchev–Trinajstić information content (AvgIpc) is 2.50. The Hall–Kier alpha value is -0.970. The van der Waals surface area contributed by atoms with Gasteiger partial charge in [0.15, 0.2) is 11.5 Å². The van der Waals surface area contributed by atoms with Gasteiger partial charge in [0.2, 0.25) is 0 Å². The van der Waals surface area contributed by atoms with Crippen molar-refractivity contribution in [1.82, 2.24) is 4.90 Å². The number of likely N-dealkylation sites (tertiary alicyclic amines) is 1. The van der Waals surface area contributed by atoms with Crippen molar-refractivity contribution in [3.05, 3.63) is 23.8 Å². The van der Waals surface area contributed by atoms with E-state index in [0.717, 1.165) is 37.6 Å². The highest BCUT2D eigenvalue weighted by atomic mass is 35.5. The van der Waals surface area contributed by atoms with Crippen molar-refractivity contribution in [2.24, 2.45) is 17.1 Å². The van der Waals surface area contributed by atoms with Gasteiger partial charge in [-0.3, -0.25) is 4.90 Å².